The summed E-state index contributed by atoms with van der Waals surface area (Å²) in [5, 5.41) is 4.34. The Bertz CT molecular complexity index is 641. The van der Waals surface area contributed by atoms with Gasteiger partial charge in [-0.1, -0.05) is 20.8 Å². The minimum absolute atomic E-state index is 0.00323. The van der Waals surface area contributed by atoms with Crippen molar-refractivity contribution in [3.63, 3.8) is 0 Å². The van der Waals surface area contributed by atoms with Gasteiger partial charge in [-0.05, 0) is 12.5 Å². The highest BCUT2D eigenvalue weighted by atomic mass is 16.5. The first-order chi connectivity index (χ1) is 10.9. The highest BCUT2D eigenvalue weighted by molar-refractivity contribution is 5.06. The van der Waals surface area contributed by atoms with E-state index in [1.165, 1.54) is 5.56 Å². The maximum atomic E-state index is 5.90. The summed E-state index contributed by atoms with van der Waals surface area (Å²) >= 11 is 0. The molecule has 3 heterocycles. The van der Waals surface area contributed by atoms with Crippen LogP contribution in [0.2, 0.25) is 0 Å². The SMILES string of the molecule is Cc1cnn(CC2CN(Cc3ncc(C(C)(C)C)o3)CCO2)c1. The number of nitrogens with zero attached hydrogens (tertiary/aromatic N) is 4. The fraction of sp³-hybridized carbons (Fsp3) is 0.647. The second kappa shape index (κ2) is 6.45. The zero-order chi connectivity index (χ0) is 16.4. The molecule has 0 aliphatic carbocycles. The normalized spacial score (nSPS) is 20.1. The van der Waals surface area contributed by atoms with E-state index in [0.29, 0.717) is 0 Å². The van der Waals surface area contributed by atoms with Crippen molar-refractivity contribution >= 4 is 0 Å². The van der Waals surface area contributed by atoms with Crippen molar-refractivity contribution in [3.8, 4) is 0 Å². The fourth-order valence-corrected chi connectivity index (χ4v) is 2.73. The molecule has 0 aromatic carbocycles. The molecule has 0 radical (unpaired) electrons. The summed E-state index contributed by atoms with van der Waals surface area (Å²) in [7, 11) is 0. The van der Waals surface area contributed by atoms with Crippen molar-refractivity contribution < 1.29 is 9.15 Å². The standard InChI is InChI=1S/C17H26N4O2/c1-13-7-19-21(9-13)11-14-10-20(5-6-22-14)12-16-18-8-15(23-16)17(2,3)4/h7-9,14H,5-6,10-12H2,1-4H3. The topological polar surface area (TPSA) is 56.3 Å². The minimum Gasteiger partial charge on any atom is -0.444 e. The number of hydrogen-bond acceptors (Lipinski definition) is 5. The van der Waals surface area contributed by atoms with Crippen LogP contribution in [0.5, 0.6) is 0 Å². The number of hydrogen-bond donors (Lipinski definition) is 0. The van der Waals surface area contributed by atoms with E-state index in [9.17, 15) is 0 Å². The van der Waals surface area contributed by atoms with Crippen LogP contribution < -0.4 is 0 Å². The number of ether oxygens (including phenoxy) is 1. The Kier molecular flexibility index (Phi) is 4.55. The molecule has 126 valence electrons. The Morgan fingerprint density at radius 3 is 2.78 bits per heavy atom. The van der Waals surface area contributed by atoms with Crippen molar-refractivity contribution in [3.05, 3.63) is 35.8 Å². The summed E-state index contributed by atoms with van der Waals surface area (Å²) in [4.78, 5) is 6.76. The number of aromatic nitrogens is 3. The summed E-state index contributed by atoms with van der Waals surface area (Å²) in [5.74, 6) is 1.72. The molecular formula is C17H26N4O2. The average Bonchev–Trinajstić information content (AvgIpc) is 3.08. The van der Waals surface area contributed by atoms with E-state index in [0.717, 1.165) is 44.4 Å². The van der Waals surface area contributed by atoms with Gasteiger partial charge >= 0.3 is 0 Å². The molecule has 23 heavy (non-hydrogen) atoms. The van der Waals surface area contributed by atoms with E-state index >= 15 is 0 Å². The van der Waals surface area contributed by atoms with E-state index in [4.69, 9.17) is 9.15 Å². The van der Waals surface area contributed by atoms with E-state index in [2.05, 4.69) is 35.8 Å². The predicted octanol–water partition coefficient (Wildman–Crippen LogP) is 2.38. The van der Waals surface area contributed by atoms with Gasteiger partial charge in [0.1, 0.15) is 5.76 Å². The lowest BCUT2D eigenvalue weighted by Gasteiger charge is -2.32. The lowest BCUT2D eigenvalue weighted by Crippen LogP contribution is -2.43. The Balaban J connectivity index is 1.57. The van der Waals surface area contributed by atoms with Gasteiger partial charge in [0.15, 0.2) is 0 Å². The maximum absolute atomic E-state index is 5.90. The zero-order valence-corrected chi connectivity index (χ0v) is 14.5. The summed E-state index contributed by atoms with van der Waals surface area (Å²) in [6.45, 7) is 12.5. The van der Waals surface area contributed by atoms with E-state index in [1.54, 1.807) is 0 Å². The van der Waals surface area contributed by atoms with Crippen LogP contribution in [0, 0.1) is 6.92 Å². The first-order valence-electron chi connectivity index (χ1n) is 8.18. The number of morpholine rings is 1. The summed E-state index contributed by atoms with van der Waals surface area (Å²) in [6, 6.07) is 0. The molecule has 0 N–H and O–H groups in total. The van der Waals surface area contributed by atoms with Crippen LogP contribution in [0.1, 0.15) is 38.0 Å². The van der Waals surface area contributed by atoms with Crippen molar-refractivity contribution in [2.24, 2.45) is 0 Å². The molecule has 0 spiro atoms. The van der Waals surface area contributed by atoms with Crippen molar-refractivity contribution in [2.45, 2.75) is 52.3 Å². The Morgan fingerprint density at radius 2 is 2.13 bits per heavy atom. The van der Waals surface area contributed by atoms with Gasteiger partial charge < -0.3 is 9.15 Å². The fourth-order valence-electron chi connectivity index (χ4n) is 2.73. The number of rotatable bonds is 4. The Labute approximate surface area is 137 Å². The van der Waals surface area contributed by atoms with Crippen LogP contribution in [-0.2, 0) is 23.2 Å². The van der Waals surface area contributed by atoms with Crippen LogP contribution in [0.15, 0.2) is 23.0 Å². The van der Waals surface area contributed by atoms with Gasteiger partial charge in [0, 0.05) is 24.7 Å². The van der Waals surface area contributed by atoms with Gasteiger partial charge in [0.25, 0.3) is 0 Å². The van der Waals surface area contributed by atoms with Crippen LogP contribution in [-0.4, -0.2) is 45.5 Å². The molecular weight excluding hydrogens is 292 g/mol. The third kappa shape index (κ3) is 4.20. The monoisotopic (exact) mass is 318 g/mol. The number of aryl methyl sites for hydroxylation is 1. The lowest BCUT2D eigenvalue weighted by molar-refractivity contribution is -0.0423. The van der Waals surface area contributed by atoms with Crippen LogP contribution in [0.4, 0.5) is 0 Å². The molecule has 1 fully saturated rings. The van der Waals surface area contributed by atoms with Gasteiger partial charge in [0.05, 0.1) is 38.2 Å². The third-order valence-electron chi connectivity index (χ3n) is 4.03. The van der Waals surface area contributed by atoms with Crippen molar-refractivity contribution in [1.29, 1.82) is 0 Å². The highest BCUT2D eigenvalue weighted by Gasteiger charge is 2.24. The van der Waals surface area contributed by atoms with Gasteiger partial charge in [-0.15, -0.1) is 0 Å². The van der Waals surface area contributed by atoms with Crippen LogP contribution in [0.3, 0.4) is 0 Å². The van der Waals surface area contributed by atoms with E-state index in [1.807, 2.05) is 30.2 Å². The van der Waals surface area contributed by atoms with E-state index in [-0.39, 0.29) is 11.5 Å². The van der Waals surface area contributed by atoms with Gasteiger partial charge in [-0.25, -0.2) is 4.98 Å². The molecule has 6 nitrogen and oxygen atoms in total. The van der Waals surface area contributed by atoms with Gasteiger partial charge in [-0.2, -0.15) is 5.10 Å². The van der Waals surface area contributed by atoms with Crippen molar-refractivity contribution in [1.82, 2.24) is 19.7 Å². The first-order valence-corrected chi connectivity index (χ1v) is 8.18. The molecule has 0 amide bonds. The van der Waals surface area contributed by atoms with Gasteiger partial charge in [0.2, 0.25) is 5.89 Å². The second-order valence-electron chi connectivity index (χ2n) is 7.34. The molecule has 6 heteroatoms. The summed E-state index contributed by atoms with van der Waals surface area (Å²) in [5.41, 5.74) is 1.17. The smallest absolute Gasteiger partial charge is 0.208 e. The maximum Gasteiger partial charge on any atom is 0.208 e. The van der Waals surface area contributed by atoms with Crippen LogP contribution in [0.25, 0.3) is 0 Å². The van der Waals surface area contributed by atoms with Crippen LogP contribution >= 0.6 is 0 Å². The molecule has 3 rings (SSSR count). The molecule has 1 aliphatic heterocycles. The quantitative estimate of drug-likeness (QED) is 0.866. The molecule has 1 unspecified atom stereocenters. The molecule has 1 atom stereocenters. The highest BCUT2D eigenvalue weighted by Crippen LogP contribution is 2.23. The first kappa shape index (κ1) is 16.2. The summed E-state index contributed by atoms with van der Waals surface area (Å²) < 4.78 is 13.7. The van der Waals surface area contributed by atoms with Gasteiger partial charge in [-0.3, -0.25) is 9.58 Å². The molecule has 2 aromatic heterocycles. The molecule has 1 aliphatic rings. The lowest BCUT2D eigenvalue weighted by atomic mass is 9.94. The second-order valence-corrected chi connectivity index (χ2v) is 7.34. The molecule has 2 aromatic rings. The average molecular weight is 318 g/mol. The molecule has 0 saturated carbocycles. The van der Waals surface area contributed by atoms with E-state index < -0.39 is 0 Å². The number of oxazole rings is 1. The Hall–Kier alpha value is -1.66. The molecule has 1 saturated heterocycles. The zero-order valence-electron chi connectivity index (χ0n) is 14.5. The Morgan fingerprint density at radius 1 is 1.30 bits per heavy atom. The summed E-state index contributed by atoms with van der Waals surface area (Å²) in [6.07, 6.45) is 5.92. The minimum atomic E-state index is -0.00323. The predicted molar refractivity (Wildman–Crippen MR) is 87.2 cm³/mol. The largest absolute Gasteiger partial charge is 0.444 e. The third-order valence-corrected chi connectivity index (χ3v) is 4.03. The molecule has 0 bridgehead atoms. The van der Waals surface area contributed by atoms with Crippen molar-refractivity contribution in [2.75, 3.05) is 19.7 Å².